The molecule has 2 N–H and O–H groups in total. The van der Waals surface area contributed by atoms with Gasteiger partial charge < -0.3 is 10.4 Å². The maximum atomic E-state index is 11.7. The molecule has 0 spiro atoms. The van der Waals surface area contributed by atoms with Crippen molar-refractivity contribution in [2.24, 2.45) is 0 Å². The lowest BCUT2D eigenvalue weighted by Crippen LogP contribution is -2.46. The molecule has 2 fully saturated rings. The van der Waals surface area contributed by atoms with Gasteiger partial charge in [0.25, 0.3) is 0 Å². The van der Waals surface area contributed by atoms with Crippen molar-refractivity contribution in [3.8, 4) is 0 Å². The molecular formula is C12H22N2O2. The molecule has 4 heteroatoms. The van der Waals surface area contributed by atoms with E-state index in [1.807, 2.05) is 0 Å². The van der Waals surface area contributed by atoms with Crippen molar-refractivity contribution in [2.45, 2.75) is 50.6 Å². The van der Waals surface area contributed by atoms with Crippen LogP contribution in [0.25, 0.3) is 0 Å². The average Bonchev–Trinajstić information content (AvgIpc) is 3.05. The molecule has 0 radical (unpaired) electrons. The first kappa shape index (κ1) is 11.9. The average molecular weight is 226 g/mol. The molecule has 1 atom stereocenters. The summed E-state index contributed by atoms with van der Waals surface area (Å²) in [6.07, 6.45) is 6.62. The number of rotatable bonds is 5. The summed E-state index contributed by atoms with van der Waals surface area (Å²) in [6, 6.07) is 0.859. The van der Waals surface area contributed by atoms with Crippen LogP contribution in [-0.2, 0) is 4.79 Å². The van der Waals surface area contributed by atoms with Gasteiger partial charge in [-0.05, 0) is 38.6 Å². The fraction of sp³-hybridized carbons (Fsp3) is 0.917. The lowest BCUT2D eigenvalue weighted by Gasteiger charge is -2.34. The highest BCUT2D eigenvalue weighted by molar-refractivity contribution is 5.78. The van der Waals surface area contributed by atoms with Gasteiger partial charge in [0.15, 0.2) is 0 Å². The van der Waals surface area contributed by atoms with Crippen LogP contribution < -0.4 is 5.32 Å². The van der Waals surface area contributed by atoms with Crippen molar-refractivity contribution in [2.75, 3.05) is 19.7 Å². The lowest BCUT2D eigenvalue weighted by atomic mass is 10.00. The predicted molar refractivity (Wildman–Crippen MR) is 62.1 cm³/mol. The molecule has 1 saturated carbocycles. The van der Waals surface area contributed by atoms with Gasteiger partial charge in [0.1, 0.15) is 0 Å². The quantitative estimate of drug-likeness (QED) is 0.718. The van der Waals surface area contributed by atoms with E-state index in [1.165, 1.54) is 12.8 Å². The zero-order chi connectivity index (χ0) is 11.4. The summed E-state index contributed by atoms with van der Waals surface area (Å²) in [5, 5.41) is 12.0. The van der Waals surface area contributed by atoms with Gasteiger partial charge in [-0.3, -0.25) is 9.69 Å². The summed E-state index contributed by atoms with van der Waals surface area (Å²) in [7, 11) is 0. The number of carbonyl (C=O) groups is 1. The van der Waals surface area contributed by atoms with Gasteiger partial charge >= 0.3 is 0 Å². The molecule has 0 bridgehead atoms. The molecule has 2 rings (SSSR count). The number of hydrogen-bond donors (Lipinski definition) is 2. The number of nitrogens with one attached hydrogen (secondary N) is 1. The van der Waals surface area contributed by atoms with Crippen LogP contribution in [-0.4, -0.2) is 47.7 Å². The number of likely N-dealkylation sites (tertiary alicyclic amines) is 1. The van der Waals surface area contributed by atoms with Gasteiger partial charge in [0.05, 0.1) is 6.54 Å². The third-order valence-corrected chi connectivity index (χ3v) is 3.50. The Hall–Kier alpha value is -0.610. The molecule has 1 unspecified atom stereocenters. The van der Waals surface area contributed by atoms with E-state index in [9.17, 15) is 4.79 Å². The summed E-state index contributed by atoms with van der Waals surface area (Å²) in [4.78, 5) is 13.9. The van der Waals surface area contributed by atoms with Crippen molar-refractivity contribution in [1.82, 2.24) is 10.2 Å². The monoisotopic (exact) mass is 226 g/mol. The summed E-state index contributed by atoms with van der Waals surface area (Å²) >= 11 is 0. The molecule has 1 heterocycles. The van der Waals surface area contributed by atoms with E-state index in [4.69, 9.17) is 5.11 Å². The van der Waals surface area contributed by atoms with E-state index < -0.39 is 0 Å². The topological polar surface area (TPSA) is 52.6 Å². The summed E-state index contributed by atoms with van der Waals surface area (Å²) in [5.74, 6) is 0.160. The third kappa shape index (κ3) is 3.46. The van der Waals surface area contributed by atoms with Crippen LogP contribution in [0.3, 0.4) is 0 Å². The number of carbonyl (C=O) groups excluding carboxylic acids is 1. The second-order valence-corrected chi connectivity index (χ2v) is 4.97. The zero-order valence-electron chi connectivity index (χ0n) is 9.82. The van der Waals surface area contributed by atoms with E-state index in [1.54, 1.807) is 0 Å². The smallest absolute Gasteiger partial charge is 0.234 e. The molecule has 2 aliphatic rings. The normalized spacial score (nSPS) is 26.7. The number of piperidine rings is 1. The SMILES string of the molecule is O=C(CN1CCCCC1CCO)NC1CC1. The molecule has 0 aromatic heterocycles. The number of nitrogens with zero attached hydrogens (tertiary/aromatic N) is 1. The zero-order valence-corrected chi connectivity index (χ0v) is 9.82. The van der Waals surface area contributed by atoms with E-state index in [0.29, 0.717) is 18.6 Å². The highest BCUT2D eigenvalue weighted by Gasteiger charge is 2.27. The molecule has 1 aliphatic heterocycles. The Bertz CT molecular complexity index is 239. The molecule has 16 heavy (non-hydrogen) atoms. The minimum absolute atomic E-state index is 0.160. The standard InChI is InChI=1S/C12H22N2O2/c15-8-6-11-3-1-2-7-14(11)9-12(16)13-10-4-5-10/h10-11,15H,1-9H2,(H,13,16). The van der Waals surface area contributed by atoms with Crippen LogP contribution in [0.15, 0.2) is 0 Å². The minimum atomic E-state index is 0.160. The molecule has 4 nitrogen and oxygen atoms in total. The Morgan fingerprint density at radius 3 is 2.81 bits per heavy atom. The Kier molecular flexibility index (Phi) is 4.18. The lowest BCUT2D eigenvalue weighted by molar-refractivity contribution is -0.123. The van der Waals surface area contributed by atoms with Gasteiger partial charge in [0.2, 0.25) is 5.91 Å². The van der Waals surface area contributed by atoms with E-state index >= 15 is 0 Å². The molecule has 1 amide bonds. The number of aliphatic hydroxyl groups is 1. The second kappa shape index (κ2) is 5.64. The van der Waals surface area contributed by atoms with Crippen LogP contribution in [0, 0.1) is 0 Å². The van der Waals surface area contributed by atoms with Crippen LogP contribution >= 0.6 is 0 Å². The highest BCUT2D eigenvalue weighted by atomic mass is 16.3. The molecule has 0 aromatic carbocycles. The summed E-state index contributed by atoms with van der Waals surface area (Å²) in [5.41, 5.74) is 0. The van der Waals surface area contributed by atoms with Crippen molar-refractivity contribution >= 4 is 5.91 Å². The first-order chi connectivity index (χ1) is 7.79. The molecule has 92 valence electrons. The van der Waals surface area contributed by atoms with E-state index in [-0.39, 0.29) is 12.5 Å². The van der Waals surface area contributed by atoms with Gasteiger partial charge in [-0.1, -0.05) is 6.42 Å². The van der Waals surface area contributed by atoms with Crippen LogP contribution in [0.1, 0.15) is 38.5 Å². The first-order valence-electron chi connectivity index (χ1n) is 6.44. The highest BCUT2D eigenvalue weighted by Crippen LogP contribution is 2.20. The van der Waals surface area contributed by atoms with E-state index in [0.717, 1.165) is 32.2 Å². The molecule has 1 saturated heterocycles. The van der Waals surface area contributed by atoms with Gasteiger partial charge in [-0.2, -0.15) is 0 Å². The minimum Gasteiger partial charge on any atom is -0.396 e. The number of hydrogen-bond acceptors (Lipinski definition) is 3. The van der Waals surface area contributed by atoms with Crippen molar-refractivity contribution in [1.29, 1.82) is 0 Å². The van der Waals surface area contributed by atoms with Crippen LogP contribution in [0.4, 0.5) is 0 Å². The van der Waals surface area contributed by atoms with Crippen molar-refractivity contribution < 1.29 is 9.90 Å². The Morgan fingerprint density at radius 1 is 1.31 bits per heavy atom. The Balaban J connectivity index is 1.77. The fourth-order valence-corrected chi connectivity index (χ4v) is 2.43. The largest absolute Gasteiger partial charge is 0.396 e. The van der Waals surface area contributed by atoms with Gasteiger partial charge in [0, 0.05) is 18.7 Å². The second-order valence-electron chi connectivity index (χ2n) is 4.97. The molecule has 0 aromatic rings. The number of aliphatic hydroxyl groups excluding tert-OH is 1. The molecular weight excluding hydrogens is 204 g/mol. The van der Waals surface area contributed by atoms with Gasteiger partial charge in [-0.15, -0.1) is 0 Å². The molecule has 1 aliphatic carbocycles. The van der Waals surface area contributed by atoms with Gasteiger partial charge in [-0.25, -0.2) is 0 Å². The van der Waals surface area contributed by atoms with Crippen molar-refractivity contribution in [3.63, 3.8) is 0 Å². The number of amides is 1. The van der Waals surface area contributed by atoms with Crippen LogP contribution in [0.2, 0.25) is 0 Å². The maximum absolute atomic E-state index is 11.7. The summed E-state index contributed by atoms with van der Waals surface area (Å²) in [6.45, 7) is 1.75. The van der Waals surface area contributed by atoms with E-state index in [2.05, 4.69) is 10.2 Å². The fourth-order valence-electron chi connectivity index (χ4n) is 2.43. The summed E-state index contributed by atoms with van der Waals surface area (Å²) < 4.78 is 0. The van der Waals surface area contributed by atoms with Crippen LogP contribution in [0.5, 0.6) is 0 Å². The van der Waals surface area contributed by atoms with Crippen molar-refractivity contribution in [3.05, 3.63) is 0 Å². The first-order valence-corrected chi connectivity index (χ1v) is 6.44. The Labute approximate surface area is 97.0 Å². The predicted octanol–water partition coefficient (Wildman–Crippen LogP) is 0.502. The maximum Gasteiger partial charge on any atom is 0.234 e. The Morgan fingerprint density at radius 2 is 2.12 bits per heavy atom. The third-order valence-electron chi connectivity index (χ3n) is 3.50.